The van der Waals surface area contributed by atoms with Crippen LogP contribution in [0.1, 0.15) is 27.1 Å². The number of carboxylic acid groups (broad SMARTS) is 2. The molecule has 2 aliphatic heterocycles. The molecule has 4 aromatic heterocycles. The summed E-state index contributed by atoms with van der Waals surface area (Å²) in [6.45, 7) is 1.80. The smallest absolute Gasteiger partial charge is 0.341 e. The van der Waals surface area contributed by atoms with E-state index in [1.165, 1.54) is 0 Å². The van der Waals surface area contributed by atoms with Gasteiger partial charge in [0.15, 0.2) is 34.6 Å². The Morgan fingerprint density at radius 1 is 0.627 bits per heavy atom. The molecule has 6 N–H and O–H groups in total. The molecule has 9 rings (SSSR count). The molecule has 59 heavy (non-hydrogen) atoms. The van der Waals surface area contributed by atoms with Crippen LogP contribution in [0.3, 0.4) is 0 Å². The maximum atomic E-state index is 14.8. The molecule has 0 bridgehead atoms. The van der Waals surface area contributed by atoms with Gasteiger partial charge in [0, 0.05) is 62.8 Å². The molecule has 4 atom stereocenters. The number of fused-ring (bicyclic) bond motifs is 3. The molecule has 3 fully saturated rings. The van der Waals surface area contributed by atoms with Gasteiger partial charge in [-0.1, -0.05) is 0 Å². The van der Waals surface area contributed by atoms with Gasteiger partial charge in [-0.05, 0) is 54.7 Å². The van der Waals surface area contributed by atoms with Crippen LogP contribution in [0.4, 0.5) is 38.0 Å². The molecule has 1 saturated carbocycles. The number of hydrogen-bond donors (Lipinski definition) is 4. The summed E-state index contributed by atoms with van der Waals surface area (Å²) in [6, 6.07) is 7.08. The number of hydrogen-bond acceptors (Lipinski definition) is 10. The molecule has 6 aromatic rings. The van der Waals surface area contributed by atoms with Crippen LogP contribution in [-0.4, -0.2) is 79.5 Å². The third-order valence-corrected chi connectivity index (χ3v) is 10.7. The van der Waals surface area contributed by atoms with Gasteiger partial charge in [-0.3, -0.25) is 18.7 Å². The zero-order valence-corrected chi connectivity index (χ0v) is 30.3. The number of pyridine rings is 4. The van der Waals surface area contributed by atoms with Crippen LogP contribution < -0.4 is 32.1 Å². The average Bonchev–Trinajstić information content (AvgIpc) is 3.48. The van der Waals surface area contributed by atoms with Crippen molar-refractivity contribution in [3.63, 3.8) is 0 Å². The highest BCUT2D eigenvalue weighted by Crippen LogP contribution is 2.45. The fourth-order valence-electron chi connectivity index (χ4n) is 7.62. The minimum Gasteiger partial charge on any atom is -0.477 e. The van der Waals surface area contributed by atoms with Crippen molar-refractivity contribution in [3.05, 3.63) is 127 Å². The Morgan fingerprint density at radius 2 is 1.07 bits per heavy atom. The van der Waals surface area contributed by atoms with E-state index in [9.17, 15) is 55.7 Å². The SMILES string of the molecule is NC1CCN(c2nc3c(cc2F)c(=O)c(C(=O)O)cn3-c2ccc(F)cc2F)C1.NC1[C@H]2CN(c3nc4c(cc3F)c(=O)c(C(=O)O)cn4-c3ccc(F)cc3F)C[C@@H]12. The van der Waals surface area contributed by atoms with Gasteiger partial charge in [-0.2, -0.15) is 0 Å². The Balaban J connectivity index is 0.000000164. The predicted molar refractivity (Wildman–Crippen MR) is 200 cm³/mol. The summed E-state index contributed by atoms with van der Waals surface area (Å²) in [5.41, 5.74) is 7.76. The van der Waals surface area contributed by atoms with Crippen molar-refractivity contribution in [2.24, 2.45) is 23.3 Å². The number of benzene rings is 2. The van der Waals surface area contributed by atoms with Crippen LogP contribution in [0.15, 0.2) is 70.5 Å². The largest absolute Gasteiger partial charge is 0.477 e. The van der Waals surface area contributed by atoms with Gasteiger partial charge in [0.25, 0.3) is 0 Å². The van der Waals surface area contributed by atoms with E-state index in [1.54, 1.807) is 9.80 Å². The van der Waals surface area contributed by atoms with E-state index in [2.05, 4.69) is 9.97 Å². The molecule has 1 aliphatic carbocycles. The molecule has 3 aliphatic rings. The van der Waals surface area contributed by atoms with Gasteiger partial charge in [-0.15, -0.1) is 0 Å². The number of carboxylic acids is 2. The minimum atomic E-state index is -1.57. The van der Waals surface area contributed by atoms with Gasteiger partial charge in [0.05, 0.1) is 22.1 Å². The highest BCUT2D eigenvalue weighted by atomic mass is 19.2. The van der Waals surface area contributed by atoms with Gasteiger partial charge >= 0.3 is 11.9 Å². The van der Waals surface area contributed by atoms with E-state index in [-0.39, 0.29) is 69.0 Å². The number of aromatic carboxylic acids is 2. The van der Waals surface area contributed by atoms with E-state index in [4.69, 9.17) is 11.5 Å². The summed E-state index contributed by atoms with van der Waals surface area (Å²) < 4.78 is 87.2. The van der Waals surface area contributed by atoms with E-state index in [1.807, 2.05) is 0 Å². The molecule has 2 unspecified atom stereocenters. The third kappa shape index (κ3) is 6.88. The van der Waals surface area contributed by atoms with E-state index < -0.39 is 68.8 Å². The van der Waals surface area contributed by atoms with Crippen LogP contribution in [0.5, 0.6) is 0 Å². The monoisotopic (exact) mass is 820 g/mol. The molecule has 6 heterocycles. The summed E-state index contributed by atoms with van der Waals surface area (Å²) in [5.74, 6) is -8.00. The molecule has 0 amide bonds. The number of piperidine rings is 1. The molecule has 2 aromatic carbocycles. The van der Waals surface area contributed by atoms with Crippen molar-refractivity contribution in [1.29, 1.82) is 0 Å². The lowest BCUT2D eigenvalue weighted by molar-refractivity contribution is 0.0684. The Labute approximate surface area is 327 Å². The van der Waals surface area contributed by atoms with E-state index in [0.717, 1.165) is 57.9 Å². The number of nitrogens with two attached hydrogens (primary N) is 2. The first-order valence-corrected chi connectivity index (χ1v) is 17.9. The lowest BCUT2D eigenvalue weighted by Crippen LogP contribution is -2.30. The molecule has 304 valence electrons. The van der Waals surface area contributed by atoms with Crippen LogP contribution in [0.2, 0.25) is 0 Å². The van der Waals surface area contributed by atoms with Crippen molar-refractivity contribution in [2.45, 2.75) is 18.5 Å². The van der Waals surface area contributed by atoms with Crippen molar-refractivity contribution in [2.75, 3.05) is 36.0 Å². The van der Waals surface area contributed by atoms with Crippen LogP contribution in [0.25, 0.3) is 33.4 Å². The van der Waals surface area contributed by atoms with Gasteiger partial charge in [0.1, 0.15) is 34.4 Å². The zero-order valence-electron chi connectivity index (χ0n) is 30.3. The normalized spacial score (nSPS) is 19.5. The number of carbonyl (C=O) groups is 2. The summed E-state index contributed by atoms with van der Waals surface area (Å²) in [5, 5.41) is 18.0. The zero-order chi connectivity index (χ0) is 42.2. The number of aromatic nitrogens is 4. The first-order valence-electron chi connectivity index (χ1n) is 17.9. The Bertz CT molecular complexity index is 2880. The average molecular weight is 821 g/mol. The highest BCUT2D eigenvalue weighted by Gasteiger charge is 2.54. The molecular formula is C39H30F6N8O6. The van der Waals surface area contributed by atoms with Gasteiger partial charge < -0.3 is 31.5 Å². The molecule has 0 spiro atoms. The third-order valence-electron chi connectivity index (χ3n) is 10.7. The molecular weight excluding hydrogens is 790 g/mol. The van der Waals surface area contributed by atoms with Gasteiger partial charge in [-0.25, -0.2) is 45.9 Å². The Hall–Kier alpha value is -6.80. The molecule has 0 radical (unpaired) electrons. The number of rotatable bonds is 6. The van der Waals surface area contributed by atoms with Crippen LogP contribution in [0, 0.1) is 46.7 Å². The van der Waals surface area contributed by atoms with Crippen molar-refractivity contribution < 1.29 is 46.1 Å². The van der Waals surface area contributed by atoms with Crippen molar-refractivity contribution >= 4 is 45.6 Å². The van der Waals surface area contributed by atoms with E-state index >= 15 is 0 Å². The number of anilines is 2. The second kappa shape index (κ2) is 14.5. The number of halogens is 6. The lowest BCUT2D eigenvalue weighted by atomic mass is 10.1. The maximum Gasteiger partial charge on any atom is 0.341 e. The molecule has 20 heteroatoms. The fraction of sp³-hybridized carbons (Fsp3) is 0.231. The van der Waals surface area contributed by atoms with E-state index in [0.29, 0.717) is 44.7 Å². The predicted octanol–water partition coefficient (Wildman–Crippen LogP) is 3.93. The summed E-state index contributed by atoms with van der Waals surface area (Å²) in [4.78, 5) is 59.9. The quantitative estimate of drug-likeness (QED) is 0.177. The topological polar surface area (TPSA) is 203 Å². The number of nitrogens with zero attached hydrogens (tertiary/aromatic N) is 6. The van der Waals surface area contributed by atoms with Crippen molar-refractivity contribution in [1.82, 2.24) is 19.1 Å². The summed E-state index contributed by atoms with van der Waals surface area (Å²) >= 11 is 0. The standard InChI is InChI=1S/C20H15F3N4O3.C19H15F3N4O3/c21-8-1-2-15(13(22)3-8)27-7-12(20(29)30)17(28)9-4-14(23)19(25-18(9)27)26-5-10-11(6-26)16(10)24;20-9-1-2-15(13(21)5-9)26-8-12(19(28)29)16(27)11-6-14(22)18(24-17(11)26)25-4-3-10(23)7-25/h1-4,7,10-11,16H,5-6,24H2,(H,29,30);1-2,5-6,8,10H,3-4,7,23H2,(H,28,29)/t10-,11+,16?;. The second-order valence-corrected chi connectivity index (χ2v) is 14.4. The van der Waals surface area contributed by atoms with Gasteiger partial charge in [0.2, 0.25) is 10.9 Å². The Kier molecular flexibility index (Phi) is 9.62. The van der Waals surface area contributed by atoms with Crippen LogP contribution >= 0.6 is 0 Å². The molecule has 2 saturated heterocycles. The Morgan fingerprint density at radius 3 is 1.46 bits per heavy atom. The lowest BCUT2D eigenvalue weighted by Gasteiger charge is -2.22. The first kappa shape index (κ1) is 39.0. The summed E-state index contributed by atoms with van der Waals surface area (Å²) in [7, 11) is 0. The van der Waals surface area contributed by atoms with Crippen molar-refractivity contribution in [3.8, 4) is 11.4 Å². The fourth-order valence-corrected chi connectivity index (χ4v) is 7.62. The second-order valence-electron chi connectivity index (χ2n) is 14.4. The highest BCUT2D eigenvalue weighted by molar-refractivity contribution is 5.93. The minimum absolute atomic E-state index is 0.0272. The van der Waals surface area contributed by atoms with Crippen LogP contribution in [-0.2, 0) is 0 Å². The molecule has 14 nitrogen and oxygen atoms in total. The maximum absolute atomic E-state index is 14.8. The summed E-state index contributed by atoms with van der Waals surface area (Å²) in [6.07, 6.45) is 2.43. The first-order chi connectivity index (χ1) is 28.0.